The fraction of sp³-hybridized carbons (Fsp3) is 0.310. The number of hydrogen-bond acceptors (Lipinski definition) is 7. The summed E-state index contributed by atoms with van der Waals surface area (Å²) in [5.74, 6) is 0.0806. The van der Waals surface area contributed by atoms with Crippen molar-refractivity contribution in [2.45, 2.75) is 38.3 Å². The van der Waals surface area contributed by atoms with Gasteiger partial charge in [0.25, 0.3) is 0 Å². The number of nitrogens with zero attached hydrogens (tertiary/aromatic N) is 1. The second kappa shape index (κ2) is 12.1. The summed E-state index contributed by atoms with van der Waals surface area (Å²) in [5.41, 5.74) is 1.16. The van der Waals surface area contributed by atoms with E-state index < -0.39 is 29.4 Å². The molecular weight excluding hydrogens is 531 g/mol. The molecule has 6 nitrogen and oxygen atoms in total. The number of thiazole rings is 1. The third kappa shape index (κ3) is 6.95. The van der Waals surface area contributed by atoms with Gasteiger partial charge in [0.2, 0.25) is 0 Å². The molecule has 4 rings (SSSR count). The maximum atomic E-state index is 12.9. The molecule has 2 atom stereocenters. The molecule has 39 heavy (non-hydrogen) atoms. The van der Waals surface area contributed by atoms with Gasteiger partial charge < -0.3 is 18.9 Å². The van der Waals surface area contributed by atoms with E-state index in [9.17, 15) is 18.0 Å². The molecule has 0 aliphatic heterocycles. The lowest BCUT2D eigenvalue weighted by Crippen LogP contribution is -2.43. The predicted molar refractivity (Wildman–Crippen MR) is 142 cm³/mol. The summed E-state index contributed by atoms with van der Waals surface area (Å²) in [5, 5.41) is 2.43. The number of carbonyl (C=O) groups is 1. The van der Waals surface area contributed by atoms with E-state index in [0.717, 1.165) is 23.3 Å². The minimum atomic E-state index is -4.39. The van der Waals surface area contributed by atoms with Crippen LogP contribution in [0.3, 0.4) is 0 Å². The molecular formula is C29H28F3NO5S. The molecule has 1 heterocycles. The summed E-state index contributed by atoms with van der Waals surface area (Å²) >= 11 is 1.35. The Morgan fingerprint density at radius 1 is 1.08 bits per heavy atom. The zero-order chi connectivity index (χ0) is 28.0. The Morgan fingerprint density at radius 2 is 1.79 bits per heavy atom. The summed E-state index contributed by atoms with van der Waals surface area (Å²) in [6.45, 7) is 3.72. The zero-order valence-corrected chi connectivity index (χ0v) is 22.5. The maximum absolute atomic E-state index is 12.9. The van der Waals surface area contributed by atoms with Crippen LogP contribution in [0.4, 0.5) is 13.2 Å². The van der Waals surface area contributed by atoms with Gasteiger partial charge >= 0.3 is 12.1 Å². The van der Waals surface area contributed by atoms with E-state index in [0.29, 0.717) is 22.0 Å². The molecule has 3 aromatic rings. The summed E-state index contributed by atoms with van der Waals surface area (Å²) in [6, 6.07) is 14.5. The van der Waals surface area contributed by atoms with Gasteiger partial charge in [0.05, 0.1) is 17.9 Å². The van der Waals surface area contributed by atoms with E-state index >= 15 is 0 Å². The first-order valence-electron chi connectivity index (χ1n) is 12.2. The lowest BCUT2D eigenvalue weighted by molar-refractivity contribution is -0.154. The average molecular weight is 560 g/mol. The van der Waals surface area contributed by atoms with Crippen LogP contribution in [-0.2, 0) is 36.5 Å². The lowest BCUT2D eigenvalue weighted by atomic mass is 9.86. The van der Waals surface area contributed by atoms with E-state index in [2.05, 4.69) is 4.98 Å². The largest absolute Gasteiger partial charge is 0.486 e. The highest BCUT2D eigenvalue weighted by Gasteiger charge is 2.38. The molecule has 0 spiro atoms. The number of alkyl halides is 3. The number of hydrogen-bond donors (Lipinski definition) is 0. The first-order chi connectivity index (χ1) is 18.6. The average Bonchev–Trinajstić information content (AvgIpc) is 3.40. The van der Waals surface area contributed by atoms with Crippen LogP contribution in [0.15, 0.2) is 77.9 Å². The second-order valence-corrected chi connectivity index (χ2v) is 9.81. The van der Waals surface area contributed by atoms with Crippen LogP contribution in [0.2, 0.25) is 0 Å². The smallest absolute Gasteiger partial charge is 0.416 e. The van der Waals surface area contributed by atoms with Crippen molar-refractivity contribution in [1.82, 2.24) is 4.98 Å². The SMILES string of the molecule is CCOC(=O)COC1C=C(c2ccccc2)C(OCc2nc(-c3ccc(C(F)(F)F)cc3)cs2)=CC1(C)OC. The summed E-state index contributed by atoms with van der Waals surface area (Å²) in [6.07, 6.45) is -1.31. The molecule has 0 bridgehead atoms. The maximum Gasteiger partial charge on any atom is 0.416 e. The molecule has 1 aliphatic rings. The molecule has 0 amide bonds. The van der Waals surface area contributed by atoms with Crippen molar-refractivity contribution in [3.05, 3.63) is 94.0 Å². The van der Waals surface area contributed by atoms with Gasteiger partial charge in [0, 0.05) is 23.6 Å². The highest BCUT2D eigenvalue weighted by atomic mass is 32.1. The van der Waals surface area contributed by atoms with Crippen LogP contribution < -0.4 is 0 Å². The van der Waals surface area contributed by atoms with E-state index in [1.165, 1.54) is 23.5 Å². The van der Waals surface area contributed by atoms with Crippen molar-refractivity contribution in [2.24, 2.45) is 0 Å². The van der Waals surface area contributed by atoms with Crippen LogP contribution in [0.25, 0.3) is 16.8 Å². The van der Waals surface area contributed by atoms with Gasteiger partial charge in [-0.3, -0.25) is 0 Å². The van der Waals surface area contributed by atoms with Crippen molar-refractivity contribution >= 4 is 22.9 Å². The minimum absolute atomic E-state index is 0.134. The first kappa shape index (κ1) is 28.5. The number of rotatable bonds is 10. The quantitative estimate of drug-likeness (QED) is 0.258. The summed E-state index contributed by atoms with van der Waals surface area (Å²) < 4.78 is 61.6. The number of aromatic nitrogens is 1. The van der Waals surface area contributed by atoms with Crippen molar-refractivity contribution in [3.63, 3.8) is 0 Å². The van der Waals surface area contributed by atoms with Gasteiger partial charge in [-0.05, 0) is 43.7 Å². The van der Waals surface area contributed by atoms with Gasteiger partial charge in [-0.2, -0.15) is 13.2 Å². The number of carbonyl (C=O) groups excluding carboxylic acids is 1. The minimum Gasteiger partial charge on any atom is -0.486 e. The van der Waals surface area contributed by atoms with Crippen molar-refractivity contribution < 1.29 is 36.9 Å². The Morgan fingerprint density at radius 3 is 2.44 bits per heavy atom. The molecule has 10 heteroatoms. The van der Waals surface area contributed by atoms with Gasteiger partial charge in [-0.15, -0.1) is 11.3 Å². The molecule has 0 saturated carbocycles. The Balaban J connectivity index is 1.54. The fourth-order valence-electron chi connectivity index (χ4n) is 4.02. The molecule has 0 N–H and O–H groups in total. The Hall–Kier alpha value is -3.47. The van der Waals surface area contributed by atoms with Gasteiger partial charge in [-0.1, -0.05) is 42.5 Å². The van der Waals surface area contributed by atoms with Crippen LogP contribution in [0.5, 0.6) is 0 Å². The number of halogens is 3. The Bertz CT molecular complexity index is 1330. The van der Waals surface area contributed by atoms with Crippen LogP contribution in [-0.4, -0.2) is 43.0 Å². The molecule has 1 aliphatic carbocycles. The normalized spacial score (nSPS) is 19.3. The Labute approximate surface area is 228 Å². The summed E-state index contributed by atoms with van der Waals surface area (Å²) in [4.78, 5) is 16.5. The van der Waals surface area contributed by atoms with E-state index in [-0.39, 0.29) is 19.8 Å². The Kier molecular flexibility index (Phi) is 8.89. The second-order valence-electron chi connectivity index (χ2n) is 8.87. The van der Waals surface area contributed by atoms with Crippen molar-refractivity contribution in [3.8, 4) is 11.3 Å². The molecule has 0 fully saturated rings. The van der Waals surface area contributed by atoms with E-state index in [4.69, 9.17) is 18.9 Å². The van der Waals surface area contributed by atoms with Gasteiger partial charge in [0.1, 0.15) is 35.7 Å². The fourth-order valence-corrected chi connectivity index (χ4v) is 4.74. The van der Waals surface area contributed by atoms with Gasteiger partial charge in [-0.25, -0.2) is 9.78 Å². The van der Waals surface area contributed by atoms with Gasteiger partial charge in [0.15, 0.2) is 0 Å². The highest BCUT2D eigenvalue weighted by molar-refractivity contribution is 7.09. The molecule has 0 saturated heterocycles. The van der Waals surface area contributed by atoms with E-state index in [1.54, 1.807) is 19.4 Å². The standard InChI is InChI=1S/C29H28F3NO5S/c1-4-36-27(34)17-38-25-14-22(19-8-6-5-7-9-19)24(15-28(25,2)35-3)37-16-26-33-23(18-39-26)20-10-12-21(13-11-20)29(30,31)32/h5-15,18,25H,4,16-17H2,1-3H3. The zero-order valence-electron chi connectivity index (χ0n) is 21.7. The summed E-state index contributed by atoms with van der Waals surface area (Å²) in [7, 11) is 1.55. The number of allylic oxidation sites excluding steroid dienone is 1. The van der Waals surface area contributed by atoms with Crippen LogP contribution >= 0.6 is 11.3 Å². The molecule has 2 aromatic carbocycles. The monoisotopic (exact) mass is 559 g/mol. The predicted octanol–water partition coefficient (Wildman–Crippen LogP) is 6.68. The molecule has 206 valence electrons. The topological polar surface area (TPSA) is 66.9 Å². The first-order valence-corrected chi connectivity index (χ1v) is 13.1. The van der Waals surface area contributed by atoms with Crippen LogP contribution in [0.1, 0.15) is 30.0 Å². The molecule has 2 unspecified atom stereocenters. The number of methoxy groups -OCH3 is 1. The lowest BCUT2D eigenvalue weighted by Gasteiger charge is -2.36. The third-order valence-electron chi connectivity index (χ3n) is 6.19. The highest BCUT2D eigenvalue weighted by Crippen LogP contribution is 2.37. The van der Waals surface area contributed by atoms with Crippen molar-refractivity contribution in [2.75, 3.05) is 20.3 Å². The van der Waals surface area contributed by atoms with Crippen LogP contribution in [0, 0.1) is 0 Å². The number of benzene rings is 2. The number of esters is 1. The number of ether oxygens (including phenoxy) is 4. The molecule has 0 radical (unpaired) electrons. The van der Waals surface area contributed by atoms with E-state index in [1.807, 2.05) is 49.4 Å². The molecule has 1 aromatic heterocycles. The van der Waals surface area contributed by atoms with Crippen molar-refractivity contribution in [1.29, 1.82) is 0 Å². The third-order valence-corrected chi connectivity index (χ3v) is 7.01.